The number of ether oxygens (including phenoxy) is 1. The molecule has 1 atom stereocenters. The maximum atomic E-state index is 12.0. The number of thiophene rings is 1. The third-order valence-corrected chi connectivity index (χ3v) is 6.08. The standard InChI is InChI=1S/C14H15NO3S2/c16-20(17,14-6-3-9-19-14)15-10-12-8-7-11-4-1-2-5-13(11)18-12/h1-6,9,12,15H,7-8,10H2. The van der Waals surface area contributed by atoms with Crippen LogP contribution in [-0.2, 0) is 16.4 Å². The molecule has 1 aliphatic rings. The van der Waals surface area contributed by atoms with Gasteiger partial charge in [0.25, 0.3) is 0 Å². The molecule has 2 heterocycles. The minimum atomic E-state index is -3.41. The zero-order chi connectivity index (χ0) is 14.0. The molecule has 1 unspecified atom stereocenters. The molecule has 0 bridgehead atoms. The molecule has 4 nitrogen and oxygen atoms in total. The van der Waals surface area contributed by atoms with Gasteiger partial charge in [-0.1, -0.05) is 24.3 Å². The highest BCUT2D eigenvalue weighted by Crippen LogP contribution is 2.27. The third kappa shape index (κ3) is 2.87. The predicted molar refractivity (Wildman–Crippen MR) is 78.7 cm³/mol. The average molecular weight is 309 g/mol. The fourth-order valence-corrected chi connectivity index (χ4v) is 4.32. The largest absolute Gasteiger partial charge is 0.489 e. The quantitative estimate of drug-likeness (QED) is 0.943. The smallest absolute Gasteiger partial charge is 0.250 e. The molecule has 2 aromatic rings. The van der Waals surface area contributed by atoms with Crippen LogP contribution < -0.4 is 9.46 Å². The lowest BCUT2D eigenvalue weighted by atomic mass is 10.0. The van der Waals surface area contributed by atoms with E-state index < -0.39 is 10.0 Å². The Balaban J connectivity index is 1.63. The summed E-state index contributed by atoms with van der Waals surface area (Å²) in [7, 11) is -3.41. The highest BCUT2D eigenvalue weighted by Gasteiger charge is 2.22. The second kappa shape index (κ2) is 5.55. The first kappa shape index (κ1) is 13.6. The summed E-state index contributed by atoms with van der Waals surface area (Å²) < 4.78 is 32.8. The van der Waals surface area contributed by atoms with Crippen molar-refractivity contribution in [3.8, 4) is 5.75 Å². The lowest BCUT2D eigenvalue weighted by molar-refractivity contribution is 0.177. The number of hydrogen-bond acceptors (Lipinski definition) is 4. The number of sulfonamides is 1. The second-order valence-electron chi connectivity index (χ2n) is 4.67. The third-order valence-electron chi connectivity index (χ3n) is 3.26. The molecular weight excluding hydrogens is 294 g/mol. The summed E-state index contributed by atoms with van der Waals surface area (Å²) >= 11 is 1.21. The van der Waals surface area contributed by atoms with Gasteiger partial charge in [0.2, 0.25) is 10.0 Å². The van der Waals surface area contributed by atoms with Gasteiger partial charge < -0.3 is 4.74 Å². The summed E-state index contributed by atoms with van der Waals surface area (Å²) in [6.07, 6.45) is 1.63. The van der Waals surface area contributed by atoms with E-state index in [2.05, 4.69) is 4.72 Å². The zero-order valence-corrected chi connectivity index (χ0v) is 12.4. The summed E-state index contributed by atoms with van der Waals surface area (Å²) in [5.74, 6) is 0.860. The van der Waals surface area contributed by atoms with Crippen molar-refractivity contribution in [1.29, 1.82) is 0 Å². The molecule has 106 valence electrons. The van der Waals surface area contributed by atoms with Crippen LogP contribution in [0.5, 0.6) is 5.75 Å². The highest BCUT2D eigenvalue weighted by molar-refractivity contribution is 7.91. The van der Waals surface area contributed by atoms with E-state index in [1.807, 2.05) is 24.3 Å². The van der Waals surface area contributed by atoms with Crippen LogP contribution in [0.4, 0.5) is 0 Å². The summed E-state index contributed by atoms with van der Waals surface area (Å²) in [4.78, 5) is 0. The molecule has 0 radical (unpaired) electrons. The topological polar surface area (TPSA) is 55.4 Å². The number of rotatable bonds is 4. The van der Waals surface area contributed by atoms with Crippen LogP contribution in [0, 0.1) is 0 Å². The minimum Gasteiger partial charge on any atom is -0.489 e. The SMILES string of the molecule is O=S(=O)(NCC1CCc2ccccc2O1)c1cccs1. The van der Waals surface area contributed by atoms with Crippen molar-refractivity contribution in [2.24, 2.45) is 0 Å². The first-order valence-corrected chi connectivity index (χ1v) is 8.79. The Labute approximate surface area is 122 Å². The lowest BCUT2D eigenvalue weighted by Gasteiger charge is -2.26. The van der Waals surface area contributed by atoms with E-state index in [0.717, 1.165) is 18.6 Å². The number of hydrogen-bond donors (Lipinski definition) is 1. The van der Waals surface area contributed by atoms with Crippen LogP contribution in [-0.4, -0.2) is 21.1 Å². The highest BCUT2D eigenvalue weighted by atomic mass is 32.2. The summed E-state index contributed by atoms with van der Waals surface area (Å²) in [5, 5.41) is 1.75. The van der Waals surface area contributed by atoms with Crippen molar-refractivity contribution in [1.82, 2.24) is 4.72 Å². The molecule has 1 aromatic heterocycles. The van der Waals surface area contributed by atoms with Gasteiger partial charge in [0.1, 0.15) is 16.1 Å². The van der Waals surface area contributed by atoms with E-state index in [-0.39, 0.29) is 6.10 Å². The Morgan fingerprint density at radius 2 is 2.10 bits per heavy atom. The zero-order valence-electron chi connectivity index (χ0n) is 10.8. The van der Waals surface area contributed by atoms with Crippen molar-refractivity contribution in [2.45, 2.75) is 23.2 Å². The van der Waals surface area contributed by atoms with Crippen molar-refractivity contribution >= 4 is 21.4 Å². The van der Waals surface area contributed by atoms with Crippen LogP contribution in [0.2, 0.25) is 0 Å². The molecule has 3 rings (SSSR count). The Morgan fingerprint density at radius 3 is 2.90 bits per heavy atom. The van der Waals surface area contributed by atoms with Crippen molar-refractivity contribution in [2.75, 3.05) is 6.54 Å². The van der Waals surface area contributed by atoms with Gasteiger partial charge in [-0.2, -0.15) is 0 Å². The maximum absolute atomic E-state index is 12.0. The Kier molecular flexibility index (Phi) is 3.78. The van der Waals surface area contributed by atoms with Crippen molar-refractivity contribution < 1.29 is 13.2 Å². The fraction of sp³-hybridized carbons (Fsp3) is 0.286. The van der Waals surface area contributed by atoms with Gasteiger partial charge in [-0.05, 0) is 35.9 Å². The molecule has 0 fully saturated rings. The van der Waals surface area contributed by atoms with E-state index >= 15 is 0 Å². The Hall–Kier alpha value is -1.37. The maximum Gasteiger partial charge on any atom is 0.250 e. The molecular formula is C14H15NO3S2. The van der Waals surface area contributed by atoms with Gasteiger partial charge in [-0.3, -0.25) is 0 Å². The molecule has 0 saturated carbocycles. The number of nitrogens with one attached hydrogen (secondary N) is 1. The Bertz CT molecular complexity index is 680. The predicted octanol–water partition coefficient (Wildman–Crippen LogP) is 2.42. The van der Waals surface area contributed by atoms with Crippen LogP contribution in [0.15, 0.2) is 46.0 Å². The van der Waals surface area contributed by atoms with E-state index in [1.54, 1.807) is 17.5 Å². The van der Waals surface area contributed by atoms with Gasteiger partial charge in [-0.25, -0.2) is 13.1 Å². The molecule has 0 amide bonds. The normalized spacial score (nSPS) is 18.3. The number of fused-ring (bicyclic) bond motifs is 1. The number of para-hydroxylation sites is 1. The van der Waals surface area contributed by atoms with Gasteiger partial charge in [-0.15, -0.1) is 11.3 Å². The number of benzene rings is 1. The first-order valence-electron chi connectivity index (χ1n) is 6.43. The molecule has 20 heavy (non-hydrogen) atoms. The van der Waals surface area contributed by atoms with Gasteiger partial charge in [0, 0.05) is 6.54 Å². The van der Waals surface area contributed by atoms with E-state index in [4.69, 9.17) is 4.74 Å². The van der Waals surface area contributed by atoms with E-state index in [1.165, 1.54) is 16.9 Å². The molecule has 0 aliphatic carbocycles. The monoisotopic (exact) mass is 309 g/mol. The first-order chi connectivity index (χ1) is 9.65. The van der Waals surface area contributed by atoms with E-state index in [9.17, 15) is 8.42 Å². The van der Waals surface area contributed by atoms with Crippen LogP contribution in [0.25, 0.3) is 0 Å². The van der Waals surface area contributed by atoms with Crippen LogP contribution >= 0.6 is 11.3 Å². The summed E-state index contributed by atoms with van der Waals surface area (Å²) in [6, 6.07) is 11.2. The van der Waals surface area contributed by atoms with Gasteiger partial charge in [0.05, 0.1) is 0 Å². The molecule has 0 spiro atoms. The molecule has 1 aliphatic heterocycles. The second-order valence-corrected chi connectivity index (χ2v) is 7.61. The lowest BCUT2D eigenvalue weighted by Crippen LogP contribution is -2.37. The van der Waals surface area contributed by atoms with Crippen LogP contribution in [0.3, 0.4) is 0 Å². The molecule has 6 heteroatoms. The molecule has 0 saturated heterocycles. The van der Waals surface area contributed by atoms with Crippen LogP contribution in [0.1, 0.15) is 12.0 Å². The molecule has 1 N–H and O–H groups in total. The van der Waals surface area contributed by atoms with Gasteiger partial charge in [0.15, 0.2) is 0 Å². The van der Waals surface area contributed by atoms with E-state index in [0.29, 0.717) is 10.8 Å². The molecule has 1 aromatic carbocycles. The van der Waals surface area contributed by atoms with Crippen molar-refractivity contribution in [3.05, 3.63) is 47.3 Å². The fourth-order valence-electron chi connectivity index (χ4n) is 2.21. The van der Waals surface area contributed by atoms with Crippen molar-refractivity contribution in [3.63, 3.8) is 0 Å². The minimum absolute atomic E-state index is 0.111. The average Bonchev–Trinajstić information content (AvgIpc) is 3.00. The van der Waals surface area contributed by atoms with Gasteiger partial charge >= 0.3 is 0 Å². The number of aryl methyl sites for hydroxylation is 1. The Morgan fingerprint density at radius 1 is 1.25 bits per heavy atom. The summed E-state index contributed by atoms with van der Waals surface area (Å²) in [6.45, 7) is 0.300. The summed E-state index contributed by atoms with van der Waals surface area (Å²) in [5.41, 5.74) is 1.19.